The Balaban J connectivity index is 1.54. The number of pyridine rings is 2. The smallest absolute Gasteiger partial charge is 0.275 e. The summed E-state index contributed by atoms with van der Waals surface area (Å²) in [4.78, 5) is 17.4. The van der Waals surface area contributed by atoms with Crippen LogP contribution in [0.25, 0.3) is 22.0 Å². The van der Waals surface area contributed by atoms with Gasteiger partial charge in [-0.3, -0.25) is 8.77 Å². The van der Waals surface area contributed by atoms with Gasteiger partial charge in [-0.15, -0.1) is 0 Å². The third kappa shape index (κ3) is 5.52. The number of hydrogen-bond donors (Lipinski definition) is 2. The molecule has 4 aromatic rings. The van der Waals surface area contributed by atoms with Crippen molar-refractivity contribution in [2.45, 2.75) is 38.4 Å². The largest absolute Gasteiger partial charge is 0.474 e. The molecule has 0 radical (unpaired) electrons. The minimum Gasteiger partial charge on any atom is -0.474 e. The lowest BCUT2D eigenvalue weighted by molar-refractivity contribution is 0.0786. The van der Waals surface area contributed by atoms with Gasteiger partial charge >= 0.3 is 0 Å². The number of aliphatic hydroxyl groups is 1. The second kappa shape index (κ2) is 10.7. The number of nitrogens with zero attached hydrogens (tertiary/aromatic N) is 3. The lowest BCUT2D eigenvalue weighted by atomic mass is 9.93. The highest BCUT2D eigenvalue weighted by Gasteiger charge is 2.22. The highest BCUT2D eigenvalue weighted by atomic mass is 127. The van der Waals surface area contributed by atoms with Crippen molar-refractivity contribution in [3.05, 3.63) is 70.9 Å². The summed E-state index contributed by atoms with van der Waals surface area (Å²) in [6.45, 7) is 5.40. The van der Waals surface area contributed by atoms with E-state index in [9.17, 15) is 9.90 Å². The van der Waals surface area contributed by atoms with Crippen molar-refractivity contribution in [1.82, 2.24) is 18.8 Å². The predicted octanol–water partition coefficient (Wildman–Crippen LogP) is 5.40. The minimum absolute atomic E-state index is 0.0810. The van der Waals surface area contributed by atoms with Crippen molar-refractivity contribution in [3.63, 3.8) is 0 Å². The van der Waals surface area contributed by atoms with Gasteiger partial charge in [-0.25, -0.2) is 4.98 Å². The molecule has 1 fully saturated rings. The molecule has 0 spiro atoms. The fraction of sp³-hybridized carbons (Fsp3) is 0.333. The van der Waals surface area contributed by atoms with Crippen molar-refractivity contribution >= 4 is 41.2 Å². The number of rotatable bonds is 7. The quantitative estimate of drug-likeness (QED) is 0.264. The first kappa shape index (κ1) is 26.1. The molecule has 1 saturated heterocycles. The van der Waals surface area contributed by atoms with Gasteiger partial charge in [-0.2, -0.15) is 0 Å². The summed E-state index contributed by atoms with van der Waals surface area (Å²) in [6, 6.07) is 11.2. The molecule has 194 valence electrons. The number of fused-ring (bicyclic) bond motifs is 1. The van der Waals surface area contributed by atoms with Crippen LogP contribution in [-0.4, -0.2) is 37.8 Å². The fourth-order valence-corrected chi connectivity index (χ4v) is 5.86. The van der Waals surface area contributed by atoms with Crippen LogP contribution in [0.2, 0.25) is 0 Å². The zero-order valence-corrected chi connectivity index (χ0v) is 23.9. The van der Waals surface area contributed by atoms with Gasteiger partial charge in [0.05, 0.1) is 11.8 Å². The molecular formula is C27H29IN4O4S. The fourth-order valence-electron chi connectivity index (χ4n) is 4.52. The molecule has 10 heteroatoms. The van der Waals surface area contributed by atoms with E-state index >= 15 is 0 Å². The Hall–Kier alpha value is -2.54. The van der Waals surface area contributed by atoms with E-state index in [1.807, 2.05) is 52.8 Å². The summed E-state index contributed by atoms with van der Waals surface area (Å²) >= 11 is 2.16. The SMILES string of the molecule is Cn1cc(-c2cc(C(C)(C)O)ccc2Oc2ccc(OC3CCNCC3)nc2)c2ccn(SI)c2c1=O. The molecule has 3 aromatic heterocycles. The van der Waals surface area contributed by atoms with Gasteiger partial charge in [0, 0.05) is 72.3 Å². The first-order valence-electron chi connectivity index (χ1n) is 12.1. The van der Waals surface area contributed by atoms with E-state index in [1.165, 1.54) is 9.12 Å². The topological polar surface area (TPSA) is 90.5 Å². The van der Waals surface area contributed by atoms with Crippen LogP contribution in [-0.2, 0) is 12.6 Å². The molecule has 1 aromatic carbocycles. The molecule has 2 N–H and O–H groups in total. The maximum Gasteiger partial charge on any atom is 0.275 e. The van der Waals surface area contributed by atoms with Gasteiger partial charge in [-0.1, -0.05) is 6.07 Å². The normalized spacial score (nSPS) is 14.7. The Morgan fingerprint density at radius 2 is 1.95 bits per heavy atom. The van der Waals surface area contributed by atoms with E-state index in [0.29, 0.717) is 22.9 Å². The number of hydrogen-bond acceptors (Lipinski definition) is 7. The van der Waals surface area contributed by atoms with Gasteiger partial charge < -0.3 is 24.5 Å². The molecule has 0 unspecified atom stereocenters. The maximum atomic E-state index is 13.0. The second-order valence-electron chi connectivity index (χ2n) is 9.70. The van der Waals surface area contributed by atoms with Crippen molar-refractivity contribution in [2.24, 2.45) is 7.05 Å². The molecule has 8 nitrogen and oxygen atoms in total. The number of aryl methyl sites for hydroxylation is 1. The maximum absolute atomic E-state index is 13.0. The average molecular weight is 633 g/mol. The van der Waals surface area contributed by atoms with Crippen LogP contribution in [0.5, 0.6) is 17.4 Å². The summed E-state index contributed by atoms with van der Waals surface area (Å²) in [7, 11) is 3.18. The van der Waals surface area contributed by atoms with Crippen molar-refractivity contribution in [1.29, 1.82) is 0 Å². The molecule has 1 aliphatic rings. The van der Waals surface area contributed by atoms with Crippen LogP contribution in [0.15, 0.2) is 59.8 Å². The Kier molecular flexibility index (Phi) is 7.53. The monoisotopic (exact) mass is 632 g/mol. The van der Waals surface area contributed by atoms with Crippen LogP contribution in [0.4, 0.5) is 0 Å². The third-order valence-electron chi connectivity index (χ3n) is 6.55. The Morgan fingerprint density at radius 1 is 1.16 bits per heavy atom. The van der Waals surface area contributed by atoms with E-state index in [-0.39, 0.29) is 11.7 Å². The molecule has 0 atom stereocenters. The molecule has 0 bridgehead atoms. The van der Waals surface area contributed by atoms with E-state index in [1.54, 1.807) is 31.7 Å². The second-order valence-corrected chi connectivity index (χ2v) is 11.4. The molecule has 0 aliphatic carbocycles. The number of nitrogens with one attached hydrogen (secondary N) is 1. The number of aromatic nitrogens is 3. The lowest BCUT2D eigenvalue weighted by Gasteiger charge is -2.23. The summed E-state index contributed by atoms with van der Waals surface area (Å²) in [6.07, 6.45) is 7.45. The van der Waals surface area contributed by atoms with E-state index in [0.717, 1.165) is 48.0 Å². The van der Waals surface area contributed by atoms with E-state index in [4.69, 9.17) is 9.47 Å². The highest BCUT2D eigenvalue weighted by Crippen LogP contribution is 2.40. The number of halogens is 1. The van der Waals surface area contributed by atoms with Crippen LogP contribution in [0, 0.1) is 0 Å². The Morgan fingerprint density at radius 3 is 2.62 bits per heavy atom. The number of ether oxygens (including phenoxy) is 2. The first-order chi connectivity index (χ1) is 17.7. The molecule has 4 heterocycles. The predicted molar refractivity (Wildman–Crippen MR) is 156 cm³/mol. The summed E-state index contributed by atoms with van der Waals surface area (Å²) < 4.78 is 15.8. The van der Waals surface area contributed by atoms with Crippen LogP contribution in [0.3, 0.4) is 0 Å². The molecule has 1 aliphatic heterocycles. The summed E-state index contributed by atoms with van der Waals surface area (Å²) in [5, 5.41) is 14.9. The molecular weight excluding hydrogens is 603 g/mol. The van der Waals surface area contributed by atoms with Crippen molar-refractivity contribution in [2.75, 3.05) is 13.1 Å². The molecule has 37 heavy (non-hydrogen) atoms. The van der Waals surface area contributed by atoms with Crippen LogP contribution in [0.1, 0.15) is 32.3 Å². The van der Waals surface area contributed by atoms with E-state index in [2.05, 4.69) is 31.5 Å². The summed E-state index contributed by atoms with van der Waals surface area (Å²) in [5.74, 6) is 1.74. The number of benzene rings is 1. The zero-order chi connectivity index (χ0) is 26.2. The standard InChI is InChI=1S/C27H29IN4O4S/c1-27(2,34)17-4-6-23(35-19-5-7-24(30-15-19)36-18-8-11-29-12-9-18)21(14-17)22-16-31(3)26(33)25-20(22)10-13-32(25)37-28/h4-7,10,13-16,18,29,34H,8-9,11-12H2,1-3H3. The van der Waals surface area contributed by atoms with Crippen LogP contribution < -0.4 is 20.3 Å². The highest BCUT2D eigenvalue weighted by molar-refractivity contribution is 14.2. The minimum atomic E-state index is -1.05. The average Bonchev–Trinajstić information content (AvgIpc) is 3.32. The van der Waals surface area contributed by atoms with Gasteiger partial charge in [0.2, 0.25) is 5.88 Å². The van der Waals surface area contributed by atoms with E-state index < -0.39 is 5.60 Å². The van der Waals surface area contributed by atoms with Gasteiger partial charge in [0.1, 0.15) is 23.1 Å². The number of piperidine rings is 1. The van der Waals surface area contributed by atoms with Crippen molar-refractivity contribution in [3.8, 4) is 28.5 Å². The lowest BCUT2D eigenvalue weighted by Crippen LogP contribution is -2.34. The summed E-state index contributed by atoms with van der Waals surface area (Å²) in [5.41, 5.74) is 1.81. The zero-order valence-electron chi connectivity index (χ0n) is 20.9. The first-order valence-corrected chi connectivity index (χ1v) is 15.4. The van der Waals surface area contributed by atoms with Gasteiger partial charge in [0.25, 0.3) is 5.56 Å². The van der Waals surface area contributed by atoms with Crippen LogP contribution >= 0.6 is 30.3 Å². The van der Waals surface area contributed by atoms with Crippen molar-refractivity contribution < 1.29 is 14.6 Å². The molecule has 0 saturated carbocycles. The Labute approximate surface area is 231 Å². The van der Waals surface area contributed by atoms with Gasteiger partial charge in [-0.05, 0) is 69.6 Å². The molecule has 5 rings (SSSR count). The van der Waals surface area contributed by atoms with Gasteiger partial charge in [0.15, 0.2) is 0 Å². The Bertz CT molecular complexity index is 1470. The third-order valence-corrected chi connectivity index (χ3v) is 8.28. The molecule has 0 amide bonds.